The van der Waals surface area contributed by atoms with Crippen LogP contribution in [0.2, 0.25) is 0 Å². The van der Waals surface area contributed by atoms with Gasteiger partial charge in [-0.1, -0.05) is 17.7 Å². The van der Waals surface area contributed by atoms with Gasteiger partial charge in [-0.2, -0.15) is 4.68 Å². The van der Waals surface area contributed by atoms with Crippen LogP contribution in [0.25, 0.3) is 5.69 Å². The Morgan fingerprint density at radius 3 is 2.64 bits per heavy atom. The van der Waals surface area contributed by atoms with E-state index in [9.17, 15) is 5.11 Å². The second-order valence-electron chi connectivity index (χ2n) is 6.69. The summed E-state index contributed by atoms with van der Waals surface area (Å²) >= 11 is 0. The predicted molar refractivity (Wildman–Crippen MR) is 103 cm³/mol. The van der Waals surface area contributed by atoms with E-state index in [0.29, 0.717) is 23.9 Å². The summed E-state index contributed by atoms with van der Waals surface area (Å²) in [7, 11) is 1.61. The molecule has 0 saturated heterocycles. The summed E-state index contributed by atoms with van der Waals surface area (Å²) in [5.41, 5.74) is 3.14. The first-order valence-corrected chi connectivity index (χ1v) is 9.20. The largest absolute Gasteiger partial charge is 0.493 e. The molecule has 0 bridgehead atoms. The minimum absolute atomic E-state index is 0.213. The minimum Gasteiger partial charge on any atom is -0.493 e. The van der Waals surface area contributed by atoms with Gasteiger partial charge >= 0.3 is 0 Å². The van der Waals surface area contributed by atoms with Crippen molar-refractivity contribution in [2.45, 2.75) is 33.1 Å². The number of rotatable bonds is 9. The summed E-state index contributed by atoms with van der Waals surface area (Å²) in [6.07, 6.45) is -0.330. The zero-order chi connectivity index (χ0) is 19.9. The summed E-state index contributed by atoms with van der Waals surface area (Å²) in [5.74, 6) is 1.87. The molecule has 2 aromatic carbocycles. The van der Waals surface area contributed by atoms with E-state index in [-0.39, 0.29) is 12.7 Å². The molecule has 0 spiro atoms. The van der Waals surface area contributed by atoms with Crippen LogP contribution in [0.4, 0.5) is 0 Å². The zero-order valence-corrected chi connectivity index (χ0v) is 16.4. The molecule has 8 heteroatoms. The molecule has 3 N–H and O–H groups in total. The molecule has 148 valence electrons. The smallest absolute Gasteiger partial charge is 0.194 e. The number of nitrogens with two attached hydrogens (primary N) is 1. The molecule has 0 aliphatic rings. The first-order chi connectivity index (χ1) is 13.6. The van der Waals surface area contributed by atoms with Crippen molar-refractivity contribution in [3.63, 3.8) is 0 Å². The van der Waals surface area contributed by atoms with Gasteiger partial charge in [-0.3, -0.25) is 0 Å². The summed E-state index contributed by atoms with van der Waals surface area (Å²) in [6, 6.07) is 13.8. The molecule has 1 heterocycles. The molecule has 0 unspecified atom stereocenters. The average Bonchev–Trinajstić information content (AvgIpc) is 3.15. The lowest BCUT2D eigenvalue weighted by atomic mass is 10.2. The first-order valence-electron chi connectivity index (χ1n) is 9.20. The van der Waals surface area contributed by atoms with E-state index in [2.05, 4.69) is 20.8 Å². The second-order valence-corrected chi connectivity index (χ2v) is 6.69. The van der Waals surface area contributed by atoms with Gasteiger partial charge in [0, 0.05) is 5.56 Å². The number of hydrogen-bond donors (Lipinski definition) is 2. The van der Waals surface area contributed by atoms with Gasteiger partial charge in [0.05, 0.1) is 18.9 Å². The van der Waals surface area contributed by atoms with E-state index in [1.807, 2.05) is 49.4 Å². The highest BCUT2D eigenvalue weighted by atomic mass is 16.5. The van der Waals surface area contributed by atoms with Gasteiger partial charge in [-0.15, -0.1) is 5.10 Å². The molecule has 1 aromatic heterocycles. The van der Waals surface area contributed by atoms with Crippen LogP contribution < -0.4 is 14.8 Å². The van der Waals surface area contributed by atoms with Crippen LogP contribution in [-0.4, -0.2) is 45.1 Å². The Balaban J connectivity index is 1.68. The van der Waals surface area contributed by atoms with Crippen molar-refractivity contribution in [2.75, 3.05) is 13.7 Å². The highest BCUT2D eigenvalue weighted by molar-refractivity contribution is 5.43. The molecule has 0 amide bonds. The van der Waals surface area contributed by atoms with E-state index in [1.54, 1.807) is 18.7 Å². The molecule has 28 heavy (non-hydrogen) atoms. The van der Waals surface area contributed by atoms with Crippen LogP contribution in [0, 0.1) is 6.92 Å². The maximum atomic E-state index is 9.36. The van der Waals surface area contributed by atoms with Gasteiger partial charge < -0.3 is 19.9 Å². The number of nitrogens with zero attached hydrogens (tertiary/aromatic N) is 4. The van der Waals surface area contributed by atoms with Gasteiger partial charge in [0.15, 0.2) is 23.9 Å². The summed E-state index contributed by atoms with van der Waals surface area (Å²) in [4.78, 5) is 0. The monoisotopic (exact) mass is 384 g/mol. The predicted octanol–water partition coefficient (Wildman–Crippen LogP) is 1.00. The number of aryl methyl sites for hydroxylation is 1. The Labute approximate surface area is 164 Å². The third-order valence-corrected chi connectivity index (χ3v) is 4.29. The van der Waals surface area contributed by atoms with Crippen LogP contribution in [0.15, 0.2) is 42.5 Å². The molecular formula is C20H26N5O3+. The van der Waals surface area contributed by atoms with Crippen LogP contribution in [-0.2, 0) is 13.2 Å². The quantitative estimate of drug-likeness (QED) is 0.571. The zero-order valence-electron chi connectivity index (χ0n) is 16.4. The van der Waals surface area contributed by atoms with Crippen molar-refractivity contribution < 1.29 is 19.9 Å². The molecule has 0 aliphatic heterocycles. The topological polar surface area (TPSA) is 98.9 Å². The van der Waals surface area contributed by atoms with Crippen molar-refractivity contribution in [2.24, 2.45) is 0 Å². The fraction of sp³-hybridized carbons (Fsp3) is 0.350. The summed E-state index contributed by atoms with van der Waals surface area (Å²) < 4.78 is 13.0. The molecule has 0 fully saturated rings. The molecule has 3 aromatic rings. The number of aromatic nitrogens is 4. The second kappa shape index (κ2) is 9.29. The number of hydrogen-bond acceptors (Lipinski definition) is 6. The van der Waals surface area contributed by atoms with Crippen molar-refractivity contribution in [3.05, 3.63) is 59.4 Å². The SMILES string of the molecule is COc1cc(C[NH2+]C[C@@H](C)O)ccc1OCc1nnnn1-c1ccc(C)cc1. The number of aliphatic hydroxyl groups is 1. The third kappa shape index (κ3) is 5.05. The van der Waals surface area contributed by atoms with E-state index >= 15 is 0 Å². The number of quaternary nitrogens is 1. The fourth-order valence-electron chi connectivity index (χ4n) is 2.77. The van der Waals surface area contributed by atoms with Gasteiger partial charge in [0.1, 0.15) is 13.1 Å². The normalized spacial score (nSPS) is 12.0. The summed E-state index contributed by atoms with van der Waals surface area (Å²) in [5, 5.41) is 23.3. The first kappa shape index (κ1) is 19.8. The number of tetrazole rings is 1. The number of aliphatic hydroxyl groups excluding tert-OH is 1. The lowest BCUT2D eigenvalue weighted by molar-refractivity contribution is -0.676. The van der Waals surface area contributed by atoms with E-state index in [0.717, 1.165) is 17.8 Å². The minimum atomic E-state index is -0.330. The Bertz CT molecular complexity index is 893. The number of ether oxygens (including phenoxy) is 2. The molecule has 0 aliphatic carbocycles. The highest BCUT2D eigenvalue weighted by Gasteiger charge is 2.12. The van der Waals surface area contributed by atoms with Crippen LogP contribution in [0.3, 0.4) is 0 Å². The van der Waals surface area contributed by atoms with Crippen molar-refractivity contribution >= 4 is 0 Å². The van der Waals surface area contributed by atoms with Gasteiger partial charge in [0.25, 0.3) is 0 Å². The van der Waals surface area contributed by atoms with Gasteiger partial charge in [-0.05, 0) is 54.6 Å². The maximum Gasteiger partial charge on any atom is 0.194 e. The number of methoxy groups -OCH3 is 1. The third-order valence-electron chi connectivity index (χ3n) is 4.29. The van der Waals surface area contributed by atoms with E-state index in [1.165, 1.54) is 5.56 Å². The van der Waals surface area contributed by atoms with Crippen molar-refractivity contribution in [1.29, 1.82) is 0 Å². The molecule has 1 atom stereocenters. The lowest BCUT2D eigenvalue weighted by Gasteiger charge is -2.12. The van der Waals surface area contributed by atoms with Crippen molar-refractivity contribution in [3.8, 4) is 17.2 Å². The Hall–Kier alpha value is -2.97. The van der Waals surface area contributed by atoms with Crippen LogP contribution in [0.1, 0.15) is 23.9 Å². The van der Waals surface area contributed by atoms with Crippen LogP contribution in [0.5, 0.6) is 11.5 Å². The highest BCUT2D eigenvalue weighted by Crippen LogP contribution is 2.28. The molecule has 8 nitrogen and oxygen atoms in total. The molecule has 0 saturated carbocycles. The van der Waals surface area contributed by atoms with Gasteiger partial charge in [0.2, 0.25) is 0 Å². The molecular weight excluding hydrogens is 358 g/mol. The van der Waals surface area contributed by atoms with Gasteiger partial charge in [-0.25, -0.2) is 0 Å². The fourth-order valence-corrected chi connectivity index (χ4v) is 2.77. The average molecular weight is 384 g/mol. The molecule has 3 rings (SSSR count). The van der Waals surface area contributed by atoms with E-state index < -0.39 is 0 Å². The standard InChI is InChI=1S/C20H25N5O3/c1-14-4-7-17(8-5-14)25-20(22-23-24-25)13-28-18-9-6-16(10-19(18)27-3)12-21-11-15(2)26/h4-10,15,21,26H,11-13H2,1-3H3/p+1/t15-/m1/s1. The maximum absolute atomic E-state index is 9.36. The Morgan fingerprint density at radius 1 is 1.14 bits per heavy atom. The van der Waals surface area contributed by atoms with Crippen LogP contribution >= 0.6 is 0 Å². The van der Waals surface area contributed by atoms with E-state index in [4.69, 9.17) is 9.47 Å². The van der Waals surface area contributed by atoms with Crippen molar-refractivity contribution in [1.82, 2.24) is 20.2 Å². The molecule has 0 radical (unpaired) electrons. The Morgan fingerprint density at radius 2 is 1.93 bits per heavy atom. The number of benzene rings is 2. The lowest BCUT2D eigenvalue weighted by Crippen LogP contribution is -2.84. The Kier molecular flexibility index (Phi) is 6.57. The summed E-state index contributed by atoms with van der Waals surface area (Å²) in [6.45, 7) is 5.43.